The van der Waals surface area contributed by atoms with Crippen molar-refractivity contribution < 1.29 is 9.53 Å². The van der Waals surface area contributed by atoms with Gasteiger partial charge in [-0.1, -0.05) is 6.92 Å². The summed E-state index contributed by atoms with van der Waals surface area (Å²) < 4.78 is 6.65. The van der Waals surface area contributed by atoms with E-state index in [0.717, 1.165) is 25.3 Å². The SMILES string of the molecule is CCc1nc(C(=O)OC)c(N)n1CCN(C(C)C)C(C)C. The fraction of sp³-hybridized carbons (Fsp3) is 0.733. The number of nitrogens with zero attached hydrogens (tertiary/aromatic N) is 3. The van der Waals surface area contributed by atoms with Gasteiger partial charge >= 0.3 is 5.97 Å². The molecule has 0 aromatic carbocycles. The highest BCUT2D eigenvalue weighted by molar-refractivity contribution is 5.92. The van der Waals surface area contributed by atoms with Crippen LogP contribution in [0.1, 0.15) is 50.9 Å². The first-order valence-corrected chi connectivity index (χ1v) is 7.52. The first-order valence-electron chi connectivity index (χ1n) is 7.52. The molecule has 1 aromatic rings. The maximum atomic E-state index is 11.7. The zero-order valence-corrected chi connectivity index (χ0v) is 14.0. The number of nitrogen functional groups attached to an aromatic ring is 1. The quantitative estimate of drug-likeness (QED) is 0.778. The molecule has 1 aromatic heterocycles. The van der Waals surface area contributed by atoms with Crippen LogP contribution in [0, 0.1) is 0 Å². The van der Waals surface area contributed by atoms with Gasteiger partial charge in [0.05, 0.1) is 7.11 Å². The summed E-state index contributed by atoms with van der Waals surface area (Å²) >= 11 is 0. The van der Waals surface area contributed by atoms with Crippen LogP contribution in [0.2, 0.25) is 0 Å². The van der Waals surface area contributed by atoms with Gasteiger partial charge in [-0.15, -0.1) is 0 Å². The lowest BCUT2D eigenvalue weighted by Gasteiger charge is -2.30. The average Bonchev–Trinajstić information content (AvgIpc) is 2.74. The molecule has 0 saturated heterocycles. The molecule has 0 atom stereocenters. The third kappa shape index (κ3) is 3.97. The van der Waals surface area contributed by atoms with E-state index in [0.29, 0.717) is 17.9 Å². The number of ether oxygens (including phenoxy) is 1. The zero-order valence-electron chi connectivity index (χ0n) is 14.0. The van der Waals surface area contributed by atoms with Crippen molar-refractivity contribution in [3.05, 3.63) is 11.5 Å². The van der Waals surface area contributed by atoms with Gasteiger partial charge in [-0.2, -0.15) is 0 Å². The van der Waals surface area contributed by atoms with Gasteiger partial charge in [0, 0.05) is 31.6 Å². The fourth-order valence-corrected chi connectivity index (χ4v) is 2.61. The number of nitrogens with two attached hydrogens (primary N) is 1. The molecule has 1 heterocycles. The highest BCUT2D eigenvalue weighted by Crippen LogP contribution is 2.17. The Balaban J connectivity index is 2.97. The smallest absolute Gasteiger partial charge is 0.360 e. The molecule has 0 bridgehead atoms. The third-order valence-corrected chi connectivity index (χ3v) is 3.69. The van der Waals surface area contributed by atoms with Crippen LogP contribution in [-0.2, 0) is 17.7 Å². The number of carbonyl (C=O) groups excluding carboxylic acids is 1. The average molecular weight is 296 g/mol. The number of anilines is 1. The van der Waals surface area contributed by atoms with Crippen LogP contribution in [0.4, 0.5) is 5.82 Å². The molecule has 0 aliphatic carbocycles. The second kappa shape index (κ2) is 7.45. The van der Waals surface area contributed by atoms with Gasteiger partial charge in [-0.05, 0) is 27.7 Å². The summed E-state index contributed by atoms with van der Waals surface area (Å²) in [6.45, 7) is 12.3. The molecule has 0 saturated carbocycles. The minimum atomic E-state index is -0.481. The van der Waals surface area contributed by atoms with Crippen molar-refractivity contribution in [1.29, 1.82) is 0 Å². The standard InChI is InChI=1S/C15H28N4O2/c1-7-12-17-13(15(20)21-6)14(16)19(12)9-8-18(10(2)3)11(4)5/h10-11H,7-9,16H2,1-6H3. The summed E-state index contributed by atoms with van der Waals surface area (Å²) in [6, 6.07) is 0.916. The van der Waals surface area contributed by atoms with Crippen LogP contribution in [0.15, 0.2) is 0 Å². The molecule has 0 spiro atoms. The van der Waals surface area contributed by atoms with E-state index in [1.54, 1.807) is 0 Å². The lowest BCUT2D eigenvalue weighted by molar-refractivity contribution is 0.0595. The summed E-state index contributed by atoms with van der Waals surface area (Å²) in [7, 11) is 1.34. The Kier molecular flexibility index (Phi) is 6.20. The van der Waals surface area contributed by atoms with Crippen LogP contribution in [0.25, 0.3) is 0 Å². The second-order valence-corrected chi connectivity index (χ2v) is 5.68. The van der Waals surface area contributed by atoms with Gasteiger partial charge in [0.2, 0.25) is 0 Å². The lowest BCUT2D eigenvalue weighted by atomic mass is 10.2. The van der Waals surface area contributed by atoms with Gasteiger partial charge in [0.25, 0.3) is 0 Å². The number of esters is 1. The molecule has 0 fully saturated rings. The molecule has 6 nitrogen and oxygen atoms in total. The zero-order chi connectivity index (χ0) is 16.2. The lowest BCUT2D eigenvalue weighted by Crippen LogP contribution is -2.39. The first-order chi connectivity index (χ1) is 9.83. The van der Waals surface area contributed by atoms with Crippen molar-refractivity contribution in [3.63, 3.8) is 0 Å². The molecular formula is C15H28N4O2. The Morgan fingerprint density at radius 3 is 2.33 bits per heavy atom. The molecular weight excluding hydrogens is 268 g/mol. The molecule has 21 heavy (non-hydrogen) atoms. The summed E-state index contributed by atoms with van der Waals surface area (Å²) in [5.41, 5.74) is 6.29. The predicted molar refractivity (Wildman–Crippen MR) is 84.3 cm³/mol. The fourth-order valence-electron chi connectivity index (χ4n) is 2.61. The summed E-state index contributed by atoms with van der Waals surface area (Å²) in [6.07, 6.45) is 0.727. The van der Waals surface area contributed by atoms with Gasteiger partial charge in [-0.3, -0.25) is 4.90 Å². The molecule has 0 amide bonds. The van der Waals surface area contributed by atoms with E-state index < -0.39 is 5.97 Å². The van der Waals surface area contributed by atoms with Crippen LogP contribution < -0.4 is 5.73 Å². The van der Waals surface area contributed by atoms with E-state index in [-0.39, 0.29) is 5.69 Å². The van der Waals surface area contributed by atoms with Crippen molar-refractivity contribution in [3.8, 4) is 0 Å². The third-order valence-electron chi connectivity index (χ3n) is 3.69. The number of imidazole rings is 1. The van der Waals surface area contributed by atoms with Crippen molar-refractivity contribution in [2.24, 2.45) is 0 Å². The van der Waals surface area contributed by atoms with Gasteiger partial charge < -0.3 is 15.0 Å². The molecule has 0 aliphatic heterocycles. The molecule has 0 radical (unpaired) electrons. The second-order valence-electron chi connectivity index (χ2n) is 5.68. The van der Waals surface area contributed by atoms with Crippen molar-refractivity contribution >= 4 is 11.8 Å². The van der Waals surface area contributed by atoms with Crippen molar-refractivity contribution in [2.45, 2.75) is 59.7 Å². The maximum Gasteiger partial charge on any atom is 0.360 e. The molecule has 120 valence electrons. The molecule has 1 rings (SSSR count). The van der Waals surface area contributed by atoms with Crippen LogP contribution in [0.3, 0.4) is 0 Å². The van der Waals surface area contributed by atoms with E-state index in [4.69, 9.17) is 10.5 Å². The monoisotopic (exact) mass is 296 g/mol. The summed E-state index contributed by atoms with van der Waals surface area (Å²) in [5.74, 6) is 0.733. The topological polar surface area (TPSA) is 73.4 Å². The number of methoxy groups -OCH3 is 1. The number of aryl methyl sites for hydroxylation is 1. The van der Waals surface area contributed by atoms with E-state index >= 15 is 0 Å². The predicted octanol–water partition coefficient (Wildman–Crippen LogP) is 1.93. The first kappa shape index (κ1) is 17.5. The van der Waals surface area contributed by atoms with Crippen LogP contribution in [0.5, 0.6) is 0 Å². The largest absolute Gasteiger partial charge is 0.464 e. The van der Waals surface area contributed by atoms with E-state index in [1.807, 2.05) is 11.5 Å². The molecule has 6 heteroatoms. The number of hydrogen-bond donors (Lipinski definition) is 1. The van der Waals surface area contributed by atoms with Gasteiger partial charge in [-0.25, -0.2) is 9.78 Å². The molecule has 2 N–H and O–H groups in total. The Labute approximate surface area is 127 Å². The molecule has 0 aliphatic rings. The van der Waals surface area contributed by atoms with Crippen LogP contribution in [-0.4, -0.2) is 46.2 Å². The highest BCUT2D eigenvalue weighted by Gasteiger charge is 2.21. The van der Waals surface area contributed by atoms with E-state index in [9.17, 15) is 4.79 Å². The van der Waals surface area contributed by atoms with Crippen molar-refractivity contribution in [2.75, 3.05) is 19.4 Å². The molecule has 0 unspecified atom stereocenters. The van der Waals surface area contributed by atoms with Crippen molar-refractivity contribution in [1.82, 2.24) is 14.5 Å². The normalized spacial score (nSPS) is 11.7. The number of carbonyl (C=O) groups is 1. The summed E-state index contributed by atoms with van der Waals surface area (Å²) in [4.78, 5) is 18.4. The minimum Gasteiger partial charge on any atom is -0.464 e. The number of aromatic nitrogens is 2. The highest BCUT2D eigenvalue weighted by atomic mass is 16.5. The minimum absolute atomic E-state index is 0.218. The number of rotatable bonds is 7. The van der Waals surface area contributed by atoms with Crippen LogP contribution >= 0.6 is 0 Å². The number of hydrogen-bond acceptors (Lipinski definition) is 5. The summed E-state index contributed by atoms with van der Waals surface area (Å²) in [5, 5.41) is 0. The Hall–Kier alpha value is -1.56. The Bertz CT molecular complexity index is 472. The Morgan fingerprint density at radius 2 is 1.90 bits per heavy atom. The maximum absolute atomic E-state index is 11.7. The van der Waals surface area contributed by atoms with E-state index in [1.165, 1.54) is 7.11 Å². The van der Waals surface area contributed by atoms with E-state index in [2.05, 4.69) is 37.6 Å². The van der Waals surface area contributed by atoms with Gasteiger partial charge in [0.15, 0.2) is 5.69 Å². The Morgan fingerprint density at radius 1 is 1.33 bits per heavy atom. The van der Waals surface area contributed by atoms with Gasteiger partial charge in [0.1, 0.15) is 11.6 Å².